The van der Waals surface area contributed by atoms with Crippen LogP contribution < -0.4 is 10.6 Å². The molecule has 0 atom stereocenters. The number of rotatable bonds is 9. The van der Waals surface area contributed by atoms with Gasteiger partial charge in [-0.3, -0.25) is 9.59 Å². The lowest BCUT2D eigenvalue weighted by atomic mass is 10.2. The van der Waals surface area contributed by atoms with E-state index in [0.29, 0.717) is 11.3 Å². The van der Waals surface area contributed by atoms with Crippen molar-refractivity contribution < 1.29 is 18.0 Å². The van der Waals surface area contributed by atoms with Gasteiger partial charge in [-0.25, -0.2) is 8.42 Å². The number of hydrogen-bond donors (Lipinski definition) is 2. The highest BCUT2D eigenvalue weighted by molar-refractivity contribution is 7.92. The average molecular weight is 464 g/mol. The number of nitrogens with one attached hydrogen (secondary N) is 2. The predicted molar refractivity (Wildman–Crippen MR) is 130 cm³/mol. The van der Waals surface area contributed by atoms with Crippen LogP contribution >= 0.6 is 0 Å². The second-order valence-corrected chi connectivity index (χ2v) is 9.04. The van der Waals surface area contributed by atoms with E-state index >= 15 is 0 Å². The topological polar surface area (TPSA) is 95.6 Å². The van der Waals surface area contributed by atoms with Crippen molar-refractivity contribution in [2.45, 2.75) is 6.54 Å². The molecule has 0 aliphatic carbocycles. The van der Waals surface area contributed by atoms with Crippen LogP contribution in [0.25, 0.3) is 6.08 Å². The summed E-state index contributed by atoms with van der Waals surface area (Å²) >= 11 is 0. The van der Waals surface area contributed by atoms with Crippen LogP contribution in [0.15, 0.2) is 90.3 Å². The number of carbonyl (C=O) groups is 2. The molecule has 7 nitrogen and oxygen atoms in total. The monoisotopic (exact) mass is 463 g/mol. The molecule has 170 valence electrons. The van der Waals surface area contributed by atoms with E-state index in [-0.39, 0.29) is 19.0 Å². The Kier molecular flexibility index (Phi) is 8.12. The molecule has 3 aromatic rings. The number of hydrogen-bond acceptors (Lipinski definition) is 4. The van der Waals surface area contributed by atoms with Gasteiger partial charge in [-0.05, 0) is 41.5 Å². The average Bonchev–Trinajstić information content (AvgIpc) is 2.83. The highest BCUT2D eigenvalue weighted by atomic mass is 32.2. The van der Waals surface area contributed by atoms with Crippen molar-refractivity contribution in [1.29, 1.82) is 0 Å². The Morgan fingerprint density at radius 1 is 0.879 bits per heavy atom. The number of nitrogens with zero attached hydrogens (tertiary/aromatic N) is 1. The zero-order chi connectivity index (χ0) is 23.7. The molecule has 0 fully saturated rings. The first-order valence-corrected chi connectivity index (χ1v) is 11.8. The molecule has 33 heavy (non-hydrogen) atoms. The van der Waals surface area contributed by atoms with Gasteiger partial charge in [-0.2, -0.15) is 4.31 Å². The smallest absolute Gasteiger partial charge is 0.251 e. The molecular formula is C25H25N3O4S. The largest absolute Gasteiger partial charge is 0.355 e. The molecule has 0 saturated carbocycles. The number of carbonyl (C=O) groups excluding carboxylic acids is 2. The van der Waals surface area contributed by atoms with Crippen LogP contribution in [0.1, 0.15) is 21.5 Å². The van der Waals surface area contributed by atoms with Gasteiger partial charge in [-0.1, -0.05) is 60.7 Å². The Balaban J connectivity index is 1.76. The number of sulfonamides is 1. The van der Waals surface area contributed by atoms with Gasteiger partial charge in [0.2, 0.25) is 15.9 Å². The Morgan fingerprint density at radius 2 is 1.48 bits per heavy atom. The lowest BCUT2D eigenvalue weighted by Gasteiger charge is -2.20. The van der Waals surface area contributed by atoms with Gasteiger partial charge in [0.05, 0.1) is 6.54 Å². The fourth-order valence-corrected chi connectivity index (χ4v) is 4.18. The van der Waals surface area contributed by atoms with Crippen LogP contribution in [0, 0.1) is 0 Å². The third kappa shape index (κ3) is 7.13. The van der Waals surface area contributed by atoms with Crippen molar-refractivity contribution in [2.24, 2.45) is 0 Å². The fraction of sp³-hybridized carbons (Fsp3) is 0.120. The van der Waals surface area contributed by atoms with E-state index in [4.69, 9.17) is 0 Å². The molecular weight excluding hydrogens is 438 g/mol. The lowest BCUT2D eigenvalue weighted by molar-refractivity contribution is -0.116. The second-order valence-electron chi connectivity index (χ2n) is 7.22. The van der Waals surface area contributed by atoms with Gasteiger partial charge in [0.15, 0.2) is 0 Å². The van der Waals surface area contributed by atoms with Crippen LogP contribution in [-0.4, -0.2) is 38.1 Å². The molecule has 3 rings (SSSR count). The Bertz CT molecular complexity index is 1210. The van der Waals surface area contributed by atoms with Crippen molar-refractivity contribution >= 4 is 33.6 Å². The summed E-state index contributed by atoms with van der Waals surface area (Å²) in [5.74, 6) is -0.728. The summed E-state index contributed by atoms with van der Waals surface area (Å²) in [6.45, 7) is -0.321. The van der Waals surface area contributed by atoms with Crippen LogP contribution in [0.3, 0.4) is 0 Å². The second kappa shape index (κ2) is 11.2. The third-order valence-corrected chi connectivity index (χ3v) is 6.23. The summed E-state index contributed by atoms with van der Waals surface area (Å²) in [5, 5.41) is 6.32. The van der Waals surface area contributed by atoms with E-state index in [0.717, 1.165) is 20.8 Å². The molecule has 2 amide bonds. The van der Waals surface area contributed by atoms with E-state index in [1.807, 2.05) is 36.4 Å². The summed E-state index contributed by atoms with van der Waals surface area (Å²) < 4.78 is 27.2. The summed E-state index contributed by atoms with van der Waals surface area (Å²) in [5.41, 5.74) is 2.41. The van der Waals surface area contributed by atoms with Gasteiger partial charge in [0, 0.05) is 30.3 Å². The molecule has 0 saturated heterocycles. The minimum absolute atomic E-state index is 0.0470. The molecule has 0 radical (unpaired) electrons. The normalized spacial score (nSPS) is 11.5. The SMILES string of the molecule is CNC(=O)c1ccc(NC(=O)CN(Cc2ccccc2)S(=O)(=O)/C=C/c2ccccc2)cc1. The molecule has 0 heterocycles. The standard InChI is InChI=1S/C25H25N3O4S/c1-26-25(30)22-12-14-23(15-13-22)27-24(29)19-28(18-21-10-6-3-7-11-21)33(31,32)17-16-20-8-4-2-5-9-20/h2-17H,18-19H2,1H3,(H,26,30)(H,27,29)/b17-16+. The molecule has 0 aliphatic rings. The quantitative estimate of drug-likeness (QED) is 0.508. The maximum absolute atomic E-state index is 13.1. The lowest BCUT2D eigenvalue weighted by Crippen LogP contribution is -2.36. The highest BCUT2D eigenvalue weighted by Gasteiger charge is 2.23. The van der Waals surface area contributed by atoms with E-state index < -0.39 is 15.9 Å². The summed E-state index contributed by atoms with van der Waals surface area (Å²) in [7, 11) is -2.35. The summed E-state index contributed by atoms with van der Waals surface area (Å²) in [6, 6.07) is 24.5. The Hall–Kier alpha value is -3.75. The molecule has 0 aliphatic heterocycles. The van der Waals surface area contributed by atoms with Gasteiger partial charge < -0.3 is 10.6 Å². The van der Waals surface area contributed by atoms with Gasteiger partial charge in [0.1, 0.15) is 0 Å². The van der Waals surface area contributed by atoms with Crippen LogP contribution in [0.2, 0.25) is 0 Å². The molecule has 0 bridgehead atoms. The molecule has 0 spiro atoms. The molecule has 0 aromatic heterocycles. The van der Waals surface area contributed by atoms with Crippen molar-refractivity contribution in [2.75, 3.05) is 18.9 Å². The Morgan fingerprint density at radius 3 is 2.09 bits per heavy atom. The minimum Gasteiger partial charge on any atom is -0.355 e. The first-order valence-electron chi connectivity index (χ1n) is 10.3. The number of anilines is 1. The van der Waals surface area contributed by atoms with Crippen molar-refractivity contribution in [3.05, 3.63) is 107 Å². The molecule has 2 N–H and O–H groups in total. The van der Waals surface area contributed by atoms with Crippen LogP contribution in [-0.2, 0) is 21.4 Å². The molecule has 8 heteroatoms. The zero-order valence-electron chi connectivity index (χ0n) is 18.1. The van der Waals surface area contributed by atoms with Crippen molar-refractivity contribution in [1.82, 2.24) is 9.62 Å². The zero-order valence-corrected chi connectivity index (χ0v) is 19.0. The summed E-state index contributed by atoms with van der Waals surface area (Å²) in [4.78, 5) is 24.4. The van der Waals surface area contributed by atoms with Gasteiger partial charge >= 0.3 is 0 Å². The van der Waals surface area contributed by atoms with Gasteiger partial charge in [-0.15, -0.1) is 0 Å². The van der Waals surface area contributed by atoms with Crippen LogP contribution in [0.4, 0.5) is 5.69 Å². The highest BCUT2D eigenvalue weighted by Crippen LogP contribution is 2.14. The van der Waals surface area contributed by atoms with Crippen LogP contribution in [0.5, 0.6) is 0 Å². The fourth-order valence-electron chi connectivity index (χ4n) is 3.05. The first-order chi connectivity index (χ1) is 15.9. The Labute approximate surface area is 193 Å². The minimum atomic E-state index is -3.89. The van der Waals surface area contributed by atoms with E-state index in [9.17, 15) is 18.0 Å². The third-order valence-electron chi connectivity index (χ3n) is 4.77. The predicted octanol–water partition coefficient (Wildman–Crippen LogP) is 3.49. The van der Waals surface area contributed by atoms with Crippen molar-refractivity contribution in [3.63, 3.8) is 0 Å². The number of benzene rings is 3. The molecule has 0 unspecified atom stereocenters. The molecule has 3 aromatic carbocycles. The van der Waals surface area contributed by atoms with E-state index in [1.165, 1.54) is 13.1 Å². The maximum atomic E-state index is 13.1. The van der Waals surface area contributed by atoms with E-state index in [1.54, 1.807) is 48.5 Å². The number of amides is 2. The van der Waals surface area contributed by atoms with Crippen molar-refractivity contribution in [3.8, 4) is 0 Å². The first kappa shape index (κ1) is 23.9. The van der Waals surface area contributed by atoms with Gasteiger partial charge in [0.25, 0.3) is 5.91 Å². The maximum Gasteiger partial charge on any atom is 0.251 e. The van der Waals surface area contributed by atoms with E-state index in [2.05, 4.69) is 10.6 Å². The summed E-state index contributed by atoms with van der Waals surface area (Å²) in [6.07, 6.45) is 1.50.